The van der Waals surface area contributed by atoms with Gasteiger partial charge in [0.25, 0.3) is 0 Å². The molecule has 0 saturated heterocycles. The van der Waals surface area contributed by atoms with E-state index < -0.39 is 0 Å². The molecule has 0 aromatic carbocycles. The second kappa shape index (κ2) is 3.20. The summed E-state index contributed by atoms with van der Waals surface area (Å²) in [4.78, 5) is 15.2. The first kappa shape index (κ1) is 8.29. The largest absolute Gasteiger partial charge is 0.334 e. The van der Waals surface area contributed by atoms with E-state index >= 15 is 0 Å². The molecule has 4 heteroatoms. The van der Waals surface area contributed by atoms with Gasteiger partial charge >= 0.3 is 6.03 Å². The molecule has 1 amide bonds. The number of amides is 1. The van der Waals surface area contributed by atoms with Gasteiger partial charge in [0.2, 0.25) is 0 Å². The van der Waals surface area contributed by atoms with Crippen LogP contribution in [0.4, 0.5) is 4.79 Å². The summed E-state index contributed by atoms with van der Waals surface area (Å²) >= 11 is 0. The van der Waals surface area contributed by atoms with E-state index in [-0.39, 0.29) is 6.03 Å². The second-order valence-electron chi connectivity index (χ2n) is 3.43. The molecule has 1 fully saturated rings. The zero-order valence-electron chi connectivity index (χ0n) is 7.60. The molecule has 2 unspecified atom stereocenters. The molecule has 1 N–H and O–H groups in total. The van der Waals surface area contributed by atoms with E-state index in [2.05, 4.69) is 17.2 Å². The highest BCUT2D eigenvalue weighted by molar-refractivity contribution is 5.77. The molecule has 2 atom stereocenters. The Hall–Kier alpha value is -1.32. The molecule has 13 heavy (non-hydrogen) atoms. The van der Waals surface area contributed by atoms with Gasteiger partial charge in [-0.15, -0.1) is 0 Å². The molecule has 0 bridgehead atoms. The summed E-state index contributed by atoms with van der Waals surface area (Å²) in [6.45, 7) is 2.15. The summed E-state index contributed by atoms with van der Waals surface area (Å²) in [5, 5.41) is 2.94. The lowest BCUT2D eigenvalue weighted by molar-refractivity contribution is 0.241. The predicted octanol–water partition coefficient (Wildman–Crippen LogP) is 1.24. The molecule has 1 aromatic rings. The third-order valence-corrected chi connectivity index (χ3v) is 2.49. The molecule has 0 spiro atoms. The van der Waals surface area contributed by atoms with Gasteiger partial charge < -0.3 is 5.32 Å². The SMILES string of the molecule is CCC1CC1NC(=O)n1ccnc1. The average molecular weight is 179 g/mol. The minimum Gasteiger partial charge on any atom is -0.334 e. The Labute approximate surface area is 77.0 Å². The fourth-order valence-corrected chi connectivity index (χ4v) is 1.49. The lowest BCUT2D eigenvalue weighted by Crippen LogP contribution is -2.30. The summed E-state index contributed by atoms with van der Waals surface area (Å²) < 4.78 is 1.46. The van der Waals surface area contributed by atoms with Crippen LogP contribution in [0.3, 0.4) is 0 Å². The van der Waals surface area contributed by atoms with Crippen LogP contribution in [0.15, 0.2) is 18.7 Å². The maximum atomic E-state index is 11.4. The van der Waals surface area contributed by atoms with Gasteiger partial charge in [0.1, 0.15) is 6.33 Å². The number of hydrogen-bond acceptors (Lipinski definition) is 2. The van der Waals surface area contributed by atoms with E-state index in [0.717, 1.165) is 12.8 Å². The van der Waals surface area contributed by atoms with Gasteiger partial charge in [-0.2, -0.15) is 0 Å². The topological polar surface area (TPSA) is 46.9 Å². The fourth-order valence-electron chi connectivity index (χ4n) is 1.49. The van der Waals surface area contributed by atoms with Gasteiger partial charge in [-0.05, 0) is 12.3 Å². The predicted molar refractivity (Wildman–Crippen MR) is 48.3 cm³/mol. The van der Waals surface area contributed by atoms with Crippen molar-refractivity contribution in [3.8, 4) is 0 Å². The summed E-state index contributed by atoms with van der Waals surface area (Å²) in [5.41, 5.74) is 0. The fraction of sp³-hybridized carbons (Fsp3) is 0.556. The lowest BCUT2D eigenvalue weighted by atomic mass is 10.3. The number of nitrogens with zero attached hydrogens (tertiary/aromatic N) is 2. The van der Waals surface area contributed by atoms with Crippen molar-refractivity contribution >= 4 is 6.03 Å². The Bertz CT molecular complexity index is 294. The number of nitrogens with one attached hydrogen (secondary N) is 1. The van der Waals surface area contributed by atoms with Gasteiger partial charge in [0, 0.05) is 18.4 Å². The third kappa shape index (κ3) is 1.71. The molecule has 4 nitrogen and oxygen atoms in total. The first-order valence-electron chi connectivity index (χ1n) is 4.60. The summed E-state index contributed by atoms with van der Waals surface area (Å²) in [7, 11) is 0. The normalized spacial score (nSPS) is 25.6. The molecule has 0 radical (unpaired) electrons. The molecular weight excluding hydrogens is 166 g/mol. The molecule has 0 aliphatic heterocycles. The van der Waals surface area contributed by atoms with Crippen molar-refractivity contribution < 1.29 is 4.79 Å². The Balaban J connectivity index is 1.87. The minimum atomic E-state index is -0.0709. The minimum absolute atomic E-state index is 0.0709. The van der Waals surface area contributed by atoms with Crippen LogP contribution < -0.4 is 5.32 Å². The standard InChI is InChI=1S/C9H13N3O/c1-2-7-5-8(7)11-9(13)12-4-3-10-6-12/h3-4,6-8H,2,5H2,1H3,(H,11,13). The molecule has 1 saturated carbocycles. The molecule has 70 valence electrons. The van der Waals surface area contributed by atoms with E-state index in [1.165, 1.54) is 10.9 Å². The number of carbonyl (C=O) groups is 1. The number of aromatic nitrogens is 2. The van der Waals surface area contributed by atoms with Gasteiger partial charge in [0.15, 0.2) is 0 Å². The van der Waals surface area contributed by atoms with Crippen molar-refractivity contribution in [1.82, 2.24) is 14.9 Å². The first-order chi connectivity index (χ1) is 6.31. The Morgan fingerprint density at radius 3 is 3.15 bits per heavy atom. The summed E-state index contributed by atoms with van der Waals surface area (Å²) in [6.07, 6.45) is 7.03. The highest BCUT2D eigenvalue weighted by Crippen LogP contribution is 2.32. The summed E-state index contributed by atoms with van der Waals surface area (Å²) in [6, 6.07) is 0.318. The quantitative estimate of drug-likeness (QED) is 0.742. The number of carbonyl (C=O) groups excluding carboxylic acids is 1. The molecule has 1 heterocycles. The van der Waals surface area contributed by atoms with E-state index in [9.17, 15) is 4.79 Å². The Morgan fingerprint density at radius 2 is 2.62 bits per heavy atom. The van der Waals surface area contributed by atoms with Crippen molar-refractivity contribution in [2.24, 2.45) is 5.92 Å². The summed E-state index contributed by atoms with van der Waals surface area (Å²) in [5.74, 6) is 0.687. The zero-order chi connectivity index (χ0) is 9.26. The Kier molecular flexibility index (Phi) is 2.04. The number of hydrogen-bond donors (Lipinski definition) is 1. The molecule has 1 aliphatic carbocycles. The van der Waals surface area contributed by atoms with Crippen LogP contribution in [0.25, 0.3) is 0 Å². The average Bonchev–Trinajstić information content (AvgIpc) is 2.68. The van der Waals surface area contributed by atoms with Gasteiger partial charge in [0.05, 0.1) is 0 Å². The molecule has 1 aliphatic rings. The van der Waals surface area contributed by atoms with Crippen molar-refractivity contribution in [2.45, 2.75) is 25.8 Å². The van der Waals surface area contributed by atoms with E-state index in [4.69, 9.17) is 0 Å². The van der Waals surface area contributed by atoms with Crippen LogP contribution >= 0.6 is 0 Å². The van der Waals surface area contributed by atoms with E-state index in [1.54, 1.807) is 12.4 Å². The van der Waals surface area contributed by atoms with Crippen molar-refractivity contribution in [3.05, 3.63) is 18.7 Å². The van der Waals surface area contributed by atoms with E-state index in [0.29, 0.717) is 12.0 Å². The van der Waals surface area contributed by atoms with Crippen LogP contribution in [0, 0.1) is 5.92 Å². The van der Waals surface area contributed by atoms with Crippen LogP contribution in [-0.2, 0) is 0 Å². The van der Waals surface area contributed by atoms with Gasteiger partial charge in [-0.25, -0.2) is 9.78 Å². The molecule has 1 aromatic heterocycles. The van der Waals surface area contributed by atoms with E-state index in [1.807, 2.05) is 0 Å². The highest BCUT2D eigenvalue weighted by atomic mass is 16.2. The molecule has 2 rings (SSSR count). The monoisotopic (exact) mass is 179 g/mol. The lowest BCUT2D eigenvalue weighted by Gasteiger charge is -2.02. The van der Waals surface area contributed by atoms with Crippen LogP contribution in [0.2, 0.25) is 0 Å². The number of imidazole rings is 1. The number of rotatable bonds is 2. The first-order valence-corrected chi connectivity index (χ1v) is 4.60. The van der Waals surface area contributed by atoms with Gasteiger partial charge in [-0.1, -0.05) is 13.3 Å². The second-order valence-corrected chi connectivity index (χ2v) is 3.43. The highest BCUT2D eigenvalue weighted by Gasteiger charge is 2.36. The maximum Gasteiger partial charge on any atom is 0.327 e. The van der Waals surface area contributed by atoms with Crippen molar-refractivity contribution in [1.29, 1.82) is 0 Å². The smallest absolute Gasteiger partial charge is 0.327 e. The third-order valence-electron chi connectivity index (χ3n) is 2.49. The zero-order valence-corrected chi connectivity index (χ0v) is 7.60. The van der Waals surface area contributed by atoms with Crippen LogP contribution in [0.5, 0.6) is 0 Å². The van der Waals surface area contributed by atoms with Crippen LogP contribution in [0.1, 0.15) is 19.8 Å². The van der Waals surface area contributed by atoms with Crippen molar-refractivity contribution in [3.63, 3.8) is 0 Å². The van der Waals surface area contributed by atoms with Crippen molar-refractivity contribution in [2.75, 3.05) is 0 Å². The maximum absolute atomic E-state index is 11.4. The van der Waals surface area contributed by atoms with Crippen LogP contribution in [-0.4, -0.2) is 21.6 Å². The van der Waals surface area contributed by atoms with Gasteiger partial charge in [-0.3, -0.25) is 4.57 Å². The molecular formula is C9H13N3O. The Morgan fingerprint density at radius 1 is 1.77 bits per heavy atom.